The first-order valence-electron chi connectivity index (χ1n) is 5.11. The molecule has 0 radical (unpaired) electrons. The number of rotatable bonds is 4. The van der Waals surface area contributed by atoms with Crippen LogP contribution in [0.15, 0.2) is 18.5 Å². The predicted octanol–water partition coefficient (Wildman–Crippen LogP) is 0.799. The lowest BCUT2D eigenvalue weighted by atomic mass is 9.85. The second kappa shape index (κ2) is 4.26. The molecule has 1 fully saturated rings. The highest BCUT2D eigenvalue weighted by Crippen LogP contribution is 2.25. The standard InChI is InChI=1S/C10H15N3O/c14-10(9-3-1-4-9)11-6-8-13-7-2-5-12-13/h2,5,7,9H,1,3-4,6,8H2,(H,11,14). The number of carbonyl (C=O) groups excluding carboxylic acids is 1. The van der Waals surface area contributed by atoms with E-state index in [1.807, 2.05) is 16.9 Å². The first-order chi connectivity index (χ1) is 6.86. The maximum Gasteiger partial charge on any atom is 0.223 e. The average molecular weight is 193 g/mol. The zero-order chi connectivity index (χ0) is 9.80. The van der Waals surface area contributed by atoms with E-state index in [9.17, 15) is 4.79 Å². The van der Waals surface area contributed by atoms with Crippen LogP contribution in [0, 0.1) is 5.92 Å². The zero-order valence-corrected chi connectivity index (χ0v) is 8.15. The van der Waals surface area contributed by atoms with Crippen LogP contribution in [-0.4, -0.2) is 22.2 Å². The smallest absolute Gasteiger partial charge is 0.223 e. The molecule has 1 aliphatic rings. The third-order valence-corrected chi connectivity index (χ3v) is 2.68. The van der Waals surface area contributed by atoms with Crippen LogP contribution in [0.3, 0.4) is 0 Å². The summed E-state index contributed by atoms with van der Waals surface area (Å²) < 4.78 is 1.82. The van der Waals surface area contributed by atoms with Crippen LogP contribution in [0.1, 0.15) is 19.3 Å². The Balaban J connectivity index is 1.65. The topological polar surface area (TPSA) is 46.9 Å². The highest BCUT2D eigenvalue weighted by Gasteiger charge is 2.24. The average Bonchev–Trinajstić information content (AvgIpc) is 2.53. The lowest BCUT2D eigenvalue weighted by Crippen LogP contribution is -2.36. The SMILES string of the molecule is O=C(NCCn1cccn1)C1CCC1. The lowest BCUT2D eigenvalue weighted by molar-refractivity contribution is -0.127. The van der Waals surface area contributed by atoms with Crippen LogP contribution in [0.5, 0.6) is 0 Å². The van der Waals surface area contributed by atoms with Gasteiger partial charge < -0.3 is 5.32 Å². The summed E-state index contributed by atoms with van der Waals surface area (Å²) >= 11 is 0. The Kier molecular flexibility index (Phi) is 2.81. The zero-order valence-electron chi connectivity index (χ0n) is 8.15. The summed E-state index contributed by atoms with van der Waals surface area (Å²) in [5.74, 6) is 0.496. The van der Waals surface area contributed by atoms with E-state index in [-0.39, 0.29) is 11.8 Å². The number of carbonyl (C=O) groups is 1. The molecule has 4 heteroatoms. The van der Waals surface area contributed by atoms with Crippen molar-refractivity contribution in [1.29, 1.82) is 0 Å². The van der Waals surface area contributed by atoms with Gasteiger partial charge in [-0.3, -0.25) is 9.48 Å². The van der Waals surface area contributed by atoms with Crippen molar-refractivity contribution in [3.05, 3.63) is 18.5 Å². The molecule has 76 valence electrons. The quantitative estimate of drug-likeness (QED) is 0.768. The van der Waals surface area contributed by atoms with Crippen molar-refractivity contribution in [3.63, 3.8) is 0 Å². The summed E-state index contributed by atoms with van der Waals surface area (Å²) in [5, 5.41) is 6.98. The summed E-state index contributed by atoms with van der Waals surface area (Å²) in [5.41, 5.74) is 0. The minimum atomic E-state index is 0.211. The second-order valence-electron chi connectivity index (χ2n) is 3.69. The number of hydrogen-bond acceptors (Lipinski definition) is 2. The van der Waals surface area contributed by atoms with E-state index in [1.165, 1.54) is 6.42 Å². The Labute approximate surface area is 83.3 Å². The molecule has 0 spiro atoms. The molecule has 0 aromatic carbocycles. The second-order valence-corrected chi connectivity index (χ2v) is 3.69. The first-order valence-corrected chi connectivity index (χ1v) is 5.11. The van der Waals surface area contributed by atoms with Crippen molar-refractivity contribution < 1.29 is 4.79 Å². The van der Waals surface area contributed by atoms with E-state index < -0.39 is 0 Å². The number of amides is 1. The van der Waals surface area contributed by atoms with Crippen LogP contribution in [0.4, 0.5) is 0 Å². The molecule has 0 atom stereocenters. The number of nitrogens with zero attached hydrogens (tertiary/aromatic N) is 2. The minimum absolute atomic E-state index is 0.211. The summed E-state index contributed by atoms with van der Waals surface area (Å²) in [6.07, 6.45) is 6.97. The Morgan fingerprint density at radius 1 is 1.57 bits per heavy atom. The molecule has 14 heavy (non-hydrogen) atoms. The molecule has 1 amide bonds. The van der Waals surface area contributed by atoms with Crippen LogP contribution < -0.4 is 5.32 Å². The fraction of sp³-hybridized carbons (Fsp3) is 0.600. The summed E-state index contributed by atoms with van der Waals surface area (Å²) in [6.45, 7) is 1.43. The number of aromatic nitrogens is 2. The lowest BCUT2D eigenvalue weighted by Gasteiger charge is -2.23. The van der Waals surface area contributed by atoms with Crippen LogP contribution >= 0.6 is 0 Å². The van der Waals surface area contributed by atoms with E-state index in [2.05, 4.69) is 10.4 Å². The van der Waals surface area contributed by atoms with Gasteiger partial charge in [0, 0.05) is 24.9 Å². The maximum absolute atomic E-state index is 11.4. The highest BCUT2D eigenvalue weighted by atomic mass is 16.1. The van der Waals surface area contributed by atoms with E-state index in [1.54, 1.807) is 6.20 Å². The molecular formula is C10H15N3O. The van der Waals surface area contributed by atoms with Gasteiger partial charge in [-0.15, -0.1) is 0 Å². The molecule has 1 N–H and O–H groups in total. The molecule has 0 saturated heterocycles. The van der Waals surface area contributed by atoms with Gasteiger partial charge in [-0.1, -0.05) is 6.42 Å². The molecule has 0 aliphatic heterocycles. The summed E-state index contributed by atoms with van der Waals surface area (Å²) in [6, 6.07) is 1.88. The van der Waals surface area contributed by atoms with Gasteiger partial charge in [-0.05, 0) is 18.9 Å². The molecule has 0 unspecified atom stereocenters. The van der Waals surface area contributed by atoms with Gasteiger partial charge in [0.05, 0.1) is 6.54 Å². The Morgan fingerprint density at radius 3 is 3.00 bits per heavy atom. The van der Waals surface area contributed by atoms with Crippen molar-refractivity contribution in [2.75, 3.05) is 6.54 Å². The number of hydrogen-bond donors (Lipinski definition) is 1. The van der Waals surface area contributed by atoms with Crippen LogP contribution in [0.2, 0.25) is 0 Å². The van der Waals surface area contributed by atoms with Gasteiger partial charge in [0.2, 0.25) is 5.91 Å². The maximum atomic E-state index is 11.4. The van der Waals surface area contributed by atoms with Crippen molar-refractivity contribution >= 4 is 5.91 Å². The molecule has 1 aromatic heterocycles. The van der Waals surface area contributed by atoms with E-state index in [4.69, 9.17) is 0 Å². The molecule has 0 bridgehead atoms. The summed E-state index contributed by atoms with van der Waals surface area (Å²) in [7, 11) is 0. The normalized spacial score (nSPS) is 16.3. The molecule has 4 nitrogen and oxygen atoms in total. The highest BCUT2D eigenvalue weighted by molar-refractivity contribution is 5.79. The van der Waals surface area contributed by atoms with Gasteiger partial charge >= 0.3 is 0 Å². The molecule has 1 aromatic rings. The third kappa shape index (κ3) is 2.13. The van der Waals surface area contributed by atoms with Gasteiger partial charge in [-0.25, -0.2) is 0 Å². The monoisotopic (exact) mass is 193 g/mol. The molecule has 1 aliphatic carbocycles. The number of nitrogens with one attached hydrogen (secondary N) is 1. The van der Waals surface area contributed by atoms with Gasteiger partial charge in [0.1, 0.15) is 0 Å². The fourth-order valence-electron chi connectivity index (χ4n) is 1.54. The Morgan fingerprint density at radius 2 is 2.43 bits per heavy atom. The molecule has 1 heterocycles. The van der Waals surface area contributed by atoms with Crippen LogP contribution in [-0.2, 0) is 11.3 Å². The Bertz CT molecular complexity index is 290. The first kappa shape index (κ1) is 9.24. The molecule has 1 saturated carbocycles. The van der Waals surface area contributed by atoms with E-state index in [0.717, 1.165) is 19.4 Å². The molecule has 2 rings (SSSR count). The minimum Gasteiger partial charge on any atom is -0.354 e. The van der Waals surface area contributed by atoms with E-state index in [0.29, 0.717) is 6.54 Å². The van der Waals surface area contributed by atoms with Crippen LogP contribution in [0.25, 0.3) is 0 Å². The van der Waals surface area contributed by atoms with Gasteiger partial charge in [-0.2, -0.15) is 5.10 Å². The van der Waals surface area contributed by atoms with Crippen molar-refractivity contribution in [3.8, 4) is 0 Å². The third-order valence-electron chi connectivity index (χ3n) is 2.68. The predicted molar refractivity (Wildman–Crippen MR) is 52.6 cm³/mol. The fourth-order valence-corrected chi connectivity index (χ4v) is 1.54. The molecular weight excluding hydrogens is 178 g/mol. The Hall–Kier alpha value is -1.32. The summed E-state index contributed by atoms with van der Waals surface area (Å²) in [4.78, 5) is 11.4. The van der Waals surface area contributed by atoms with Crippen molar-refractivity contribution in [2.45, 2.75) is 25.8 Å². The van der Waals surface area contributed by atoms with E-state index >= 15 is 0 Å². The van der Waals surface area contributed by atoms with Gasteiger partial charge in [0.25, 0.3) is 0 Å². The largest absolute Gasteiger partial charge is 0.354 e. The van der Waals surface area contributed by atoms with Gasteiger partial charge in [0.15, 0.2) is 0 Å². The van der Waals surface area contributed by atoms with Crippen molar-refractivity contribution in [2.24, 2.45) is 5.92 Å². The van der Waals surface area contributed by atoms with Crippen molar-refractivity contribution in [1.82, 2.24) is 15.1 Å².